The monoisotopic (exact) mass is 474 g/mol. The van der Waals surface area contributed by atoms with Gasteiger partial charge in [0.15, 0.2) is 22.5 Å². The number of rotatable bonds is 8. The van der Waals surface area contributed by atoms with Crippen LogP contribution in [-0.2, 0) is 9.59 Å². The van der Waals surface area contributed by atoms with Crippen molar-refractivity contribution in [2.45, 2.75) is 56.1 Å². The molecule has 2 amide bonds. The molecule has 1 saturated heterocycles. The van der Waals surface area contributed by atoms with Crippen LogP contribution in [0, 0.1) is 0 Å². The number of likely N-dealkylation sites (tertiary alicyclic amines) is 1. The van der Waals surface area contributed by atoms with Gasteiger partial charge in [-0.3, -0.25) is 19.1 Å². The number of thioether (sulfide) groups is 1. The maximum Gasteiger partial charge on any atom is 0.239 e. The summed E-state index contributed by atoms with van der Waals surface area (Å²) in [5, 5.41) is 9.64. The van der Waals surface area contributed by atoms with Gasteiger partial charge in [0.1, 0.15) is 0 Å². The number of hydrogen-bond donors (Lipinski definition) is 0. The highest BCUT2D eigenvalue weighted by Gasteiger charge is 2.29. The number of benzene rings is 1. The molecule has 0 atom stereocenters. The molecule has 2 aromatic rings. The van der Waals surface area contributed by atoms with Crippen LogP contribution in [0.2, 0.25) is 0 Å². The smallest absolute Gasteiger partial charge is 0.239 e. The average molecular weight is 475 g/mol. The lowest BCUT2D eigenvalue weighted by Crippen LogP contribution is -2.33. The van der Waals surface area contributed by atoms with Crippen molar-refractivity contribution in [3.63, 3.8) is 0 Å². The standard InChI is InChI=1S/C23H30N4O5S/c1-30-17-12-15(13-18(31-2)21(17)32-3)22-24-25-23(27(22)16-8-5-4-6-9-16)33-14-20(29)26-11-7-10-19(26)28/h12-13,16H,4-11,14H2,1-3H3. The van der Waals surface area contributed by atoms with Gasteiger partial charge in [0.25, 0.3) is 0 Å². The van der Waals surface area contributed by atoms with E-state index in [9.17, 15) is 9.59 Å². The van der Waals surface area contributed by atoms with E-state index < -0.39 is 0 Å². The van der Waals surface area contributed by atoms with E-state index in [2.05, 4.69) is 14.8 Å². The number of hydrogen-bond acceptors (Lipinski definition) is 8. The predicted molar refractivity (Wildman–Crippen MR) is 124 cm³/mol. The molecule has 2 heterocycles. The van der Waals surface area contributed by atoms with Crippen LogP contribution in [0.5, 0.6) is 17.2 Å². The van der Waals surface area contributed by atoms with Gasteiger partial charge in [0.05, 0.1) is 27.1 Å². The van der Waals surface area contributed by atoms with Gasteiger partial charge in [0, 0.05) is 24.6 Å². The van der Waals surface area contributed by atoms with Crippen LogP contribution in [0.15, 0.2) is 17.3 Å². The Hall–Kier alpha value is -2.75. The number of imide groups is 1. The topological polar surface area (TPSA) is 95.8 Å². The molecule has 0 unspecified atom stereocenters. The van der Waals surface area contributed by atoms with Crippen molar-refractivity contribution in [1.82, 2.24) is 19.7 Å². The summed E-state index contributed by atoms with van der Waals surface area (Å²) in [6.45, 7) is 0.504. The van der Waals surface area contributed by atoms with E-state index in [0.717, 1.165) is 37.7 Å². The Morgan fingerprint density at radius 1 is 1.03 bits per heavy atom. The zero-order chi connectivity index (χ0) is 23.4. The van der Waals surface area contributed by atoms with Gasteiger partial charge in [-0.25, -0.2) is 0 Å². The largest absolute Gasteiger partial charge is 0.493 e. The molecule has 2 aliphatic rings. The van der Waals surface area contributed by atoms with Crippen molar-refractivity contribution in [1.29, 1.82) is 0 Å². The molecule has 1 saturated carbocycles. The molecule has 9 nitrogen and oxygen atoms in total. The number of carbonyl (C=O) groups is 2. The summed E-state index contributed by atoms with van der Waals surface area (Å²) in [5.41, 5.74) is 0.801. The molecule has 2 fully saturated rings. The molecule has 0 bridgehead atoms. The summed E-state index contributed by atoms with van der Waals surface area (Å²) in [5.74, 6) is 2.20. The highest BCUT2D eigenvalue weighted by Crippen LogP contribution is 2.43. The second-order valence-electron chi connectivity index (χ2n) is 8.21. The maximum absolute atomic E-state index is 12.6. The zero-order valence-corrected chi connectivity index (χ0v) is 20.2. The fraction of sp³-hybridized carbons (Fsp3) is 0.565. The zero-order valence-electron chi connectivity index (χ0n) is 19.3. The van der Waals surface area contributed by atoms with Crippen LogP contribution in [0.3, 0.4) is 0 Å². The average Bonchev–Trinajstić information content (AvgIpc) is 3.48. The first-order chi connectivity index (χ1) is 16.1. The van der Waals surface area contributed by atoms with Gasteiger partial charge in [-0.05, 0) is 31.4 Å². The van der Waals surface area contributed by atoms with Crippen LogP contribution < -0.4 is 14.2 Å². The second-order valence-corrected chi connectivity index (χ2v) is 9.16. The van der Waals surface area contributed by atoms with Gasteiger partial charge in [-0.15, -0.1) is 10.2 Å². The molecule has 1 aliphatic heterocycles. The molecule has 4 rings (SSSR count). The number of nitrogens with zero attached hydrogens (tertiary/aromatic N) is 4. The molecule has 0 N–H and O–H groups in total. The molecule has 33 heavy (non-hydrogen) atoms. The first-order valence-corrected chi connectivity index (χ1v) is 12.3. The Balaban J connectivity index is 1.68. The quantitative estimate of drug-likeness (QED) is 0.534. The molecular weight excluding hydrogens is 444 g/mol. The Morgan fingerprint density at radius 2 is 1.73 bits per heavy atom. The van der Waals surface area contributed by atoms with Crippen LogP contribution >= 0.6 is 11.8 Å². The Morgan fingerprint density at radius 3 is 2.30 bits per heavy atom. The van der Waals surface area contributed by atoms with Crippen LogP contribution in [-0.4, -0.2) is 65.1 Å². The lowest BCUT2D eigenvalue weighted by Gasteiger charge is -2.26. The summed E-state index contributed by atoms with van der Waals surface area (Å²) in [6.07, 6.45) is 6.74. The van der Waals surface area contributed by atoms with E-state index >= 15 is 0 Å². The molecule has 1 aromatic carbocycles. The minimum Gasteiger partial charge on any atom is -0.493 e. The Bertz CT molecular complexity index is 993. The highest BCUT2D eigenvalue weighted by molar-refractivity contribution is 7.99. The SMILES string of the molecule is COc1cc(-c2nnc(SCC(=O)N3CCCC3=O)n2C2CCCCC2)cc(OC)c1OC. The summed E-state index contributed by atoms with van der Waals surface area (Å²) >= 11 is 1.34. The van der Waals surface area contributed by atoms with Gasteiger partial charge in [-0.2, -0.15) is 0 Å². The number of aromatic nitrogens is 3. The van der Waals surface area contributed by atoms with Crippen molar-refractivity contribution in [3.05, 3.63) is 12.1 Å². The lowest BCUT2D eigenvalue weighted by molar-refractivity contribution is -0.140. The highest BCUT2D eigenvalue weighted by atomic mass is 32.2. The first-order valence-electron chi connectivity index (χ1n) is 11.3. The van der Waals surface area contributed by atoms with Crippen molar-refractivity contribution < 1.29 is 23.8 Å². The molecule has 0 spiro atoms. The minimum absolute atomic E-state index is 0.0903. The lowest BCUT2D eigenvalue weighted by atomic mass is 9.95. The Kier molecular flexibility index (Phi) is 7.42. The normalized spacial score (nSPS) is 16.8. The van der Waals surface area contributed by atoms with Gasteiger partial charge in [-0.1, -0.05) is 31.0 Å². The number of ether oxygens (including phenoxy) is 3. The fourth-order valence-corrected chi connectivity index (χ4v) is 5.45. The molecule has 178 valence electrons. The maximum atomic E-state index is 12.6. The minimum atomic E-state index is -0.171. The molecule has 0 radical (unpaired) electrons. The fourth-order valence-electron chi connectivity index (χ4n) is 4.57. The van der Waals surface area contributed by atoms with Gasteiger partial charge < -0.3 is 14.2 Å². The summed E-state index contributed by atoms with van der Waals surface area (Å²) in [4.78, 5) is 25.9. The second kappa shape index (κ2) is 10.5. The Labute approximate surface area is 197 Å². The summed E-state index contributed by atoms with van der Waals surface area (Å²) in [7, 11) is 4.74. The summed E-state index contributed by atoms with van der Waals surface area (Å²) in [6, 6.07) is 3.98. The van der Waals surface area contributed by atoms with E-state index in [1.54, 1.807) is 21.3 Å². The third kappa shape index (κ3) is 4.80. The van der Waals surface area contributed by atoms with Crippen molar-refractivity contribution >= 4 is 23.6 Å². The van der Waals surface area contributed by atoms with Gasteiger partial charge in [0.2, 0.25) is 17.6 Å². The van der Waals surface area contributed by atoms with Crippen molar-refractivity contribution in [2.75, 3.05) is 33.6 Å². The number of carbonyl (C=O) groups excluding carboxylic acids is 2. The van der Waals surface area contributed by atoms with Crippen LogP contribution in [0.4, 0.5) is 0 Å². The van der Waals surface area contributed by atoms with E-state index in [1.807, 2.05) is 12.1 Å². The molecule has 1 aromatic heterocycles. The summed E-state index contributed by atoms with van der Waals surface area (Å²) < 4.78 is 18.7. The van der Waals surface area contributed by atoms with E-state index in [4.69, 9.17) is 14.2 Å². The van der Waals surface area contributed by atoms with Gasteiger partial charge >= 0.3 is 0 Å². The van der Waals surface area contributed by atoms with E-state index in [-0.39, 0.29) is 23.6 Å². The van der Waals surface area contributed by atoms with Crippen molar-refractivity contribution in [2.24, 2.45) is 0 Å². The first kappa shape index (κ1) is 23.4. The molecule has 1 aliphatic carbocycles. The third-order valence-electron chi connectivity index (χ3n) is 6.23. The van der Waals surface area contributed by atoms with E-state index in [0.29, 0.717) is 41.2 Å². The van der Waals surface area contributed by atoms with Crippen molar-refractivity contribution in [3.8, 4) is 28.6 Å². The molecular formula is C23H30N4O5S. The molecule has 10 heteroatoms. The predicted octanol–water partition coefficient (Wildman–Crippen LogP) is 3.72. The van der Waals surface area contributed by atoms with Crippen LogP contribution in [0.1, 0.15) is 51.0 Å². The van der Waals surface area contributed by atoms with E-state index in [1.165, 1.54) is 23.1 Å². The number of amides is 2. The third-order valence-corrected chi connectivity index (χ3v) is 7.15. The van der Waals surface area contributed by atoms with Crippen LogP contribution in [0.25, 0.3) is 11.4 Å². The number of methoxy groups -OCH3 is 3.